The van der Waals surface area contributed by atoms with Gasteiger partial charge in [-0.05, 0) is 18.2 Å². The zero-order valence-electron chi connectivity index (χ0n) is 9.46. The molecule has 96 valence electrons. The molecule has 2 N–H and O–H groups in total. The Hall–Kier alpha value is -1.57. The molecule has 0 aliphatic carbocycles. The van der Waals surface area contributed by atoms with Gasteiger partial charge in [-0.1, -0.05) is 17.7 Å². The summed E-state index contributed by atoms with van der Waals surface area (Å²) in [5.41, 5.74) is 3.12. The second kappa shape index (κ2) is 4.97. The van der Waals surface area contributed by atoms with Crippen LogP contribution in [0.5, 0.6) is 0 Å². The van der Waals surface area contributed by atoms with Crippen LogP contribution in [0.4, 0.5) is 5.69 Å². The van der Waals surface area contributed by atoms with E-state index in [9.17, 15) is 8.42 Å². The van der Waals surface area contributed by atoms with Gasteiger partial charge in [0.15, 0.2) is 0 Å². The van der Waals surface area contributed by atoms with Gasteiger partial charge in [-0.25, -0.2) is 8.42 Å². The maximum atomic E-state index is 11.8. The lowest BCUT2D eigenvalue weighted by Gasteiger charge is -2.07. The SMILES string of the molecule is Cn1cc(S(=O)(=O)NNc2cccc(Cl)c2)cn1. The summed E-state index contributed by atoms with van der Waals surface area (Å²) in [6.07, 6.45) is 2.67. The van der Waals surface area contributed by atoms with Crippen molar-refractivity contribution in [2.45, 2.75) is 4.90 Å². The second-order valence-corrected chi connectivity index (χ2v) is 5.71. The molecule has 0 aliphatic rings. The third-order valence-corrected chi connectivity index (χ3v) is 3.58. The van der Waals surface area contributed by atoms with E-state index in [0.717, 1.165) is 0 Å². The highest BCUT2D eigenvalue weighted by Gasteiger charge is 2.15. The number of hydrogen-bond acceptors (Lipinski definition) is 4. The molecule has 0 amide bonds. The first-order chi connectivity index (χ1) is 8.47. The van der Waals surface area contributed by atoms with Crippen LogP contribution in [0.1, 0.15) is 0 Å². The third-order valence-electron chi connectivity index (χ3n) is 2.15. The molecule has 1 aromatic heterocycles. The van der Waals surface area contributed by atoms with Crippen LogP contribution in [0.15, 0.2) is 41.6 Å². The number of benzene rings is 1. The molecule has 1 heterocycles. The van der Waals surface area contributed by atoms with Crippen LogP contribution in [-0.2, 0) is 17.1 Å². The summed E-state index contributed by atoms with van der Waals surface area (Å²) < 4.78 is 25.1. The van der Waals surface area contributed by atoms with Crippen LogP contribution in [0, 0.1) is 0 Å². The topological polar surface area (TPSA) is 76.0 Å². The van der Waals surface area contributed by atoms with E-state index in [-0.39, 0.29) is 4.90 Å². The van der Waals surface area contributed by atoms with E-state index in [0.29, 0.717) is 10.7 Å². The van der Waals surface area contributed by atoms with Crippen molar-refractivity contribution in [3.8, 4) is 0 Å². The predicted molar refractivity (Wildman–Crippen MR) is 68.6 cm³/mol. The molecule has 0 radical (unpaired) electrons. The molecule has 0 bridgehead atoms. The number of rotatable bonds is 4. The van der Waals surface area contributed by atoms with Gasteiger partial charge < -0.3 is 5.43 Å². The summed E-state index contributed by atoms with van der Waals surface area (Å²) in [7, 11) is -2.00. The zero-order chi connectivity index (χ0) is 13.2. The Labute approximate surface area is 110 Å². The Balaban J connectivity index is 2.10. The molecule has 18 heavy (non-hydrogen) atoms. The molecule has 0 fully saturated rings. The number of anilines is 1. The monoisotopic (exact) mass is 286 g/mol. The van der Waals surface area contributed by atoms with Gasteiger partial charge in [0.25, 0.3) is 10.0 Å². The molecular formula is C10H11ClN4O2S. The highest BCUT2D eigenvalue weighted by molar-refractivity contribution is 7.89. The zero-order valence-corrected chi connectivity index (χ0v) is 11.0. The van der Waals surface area contributed by atoms with Gasteiger partial charge in [-0.3, -0.25) is 4.68 Å². The molecule has 0 unspecified atom stereocenters. The summed E-state index contributed by atoms with van der Waals surface area (Å²) in [5.74, 6) is 0. The van der Waals surface area contributed by atoms with E-state index in [1.807, 2.05) is 0 Å². The predicted octanol–water partition coefficient (Wildman–Crippen LogP) is 1.38. The van der Waals surface area contributed by atoms with Crippen LogP contribution in [0.3, 0.4) is 0 Å². The summed E-state index contributed by atoms with van der Waals surface area (Å²) in [4.78, 5) is 2.33. The van der Waals surface area contributed by atoms with E-state index in [1.54, 1.807) is 31.3 Å². The Morgan fingerprint density at radius 2 is 2.17 bits per heavy atom. The van der Waals surface area contributed by atoms with Crippen LogP contribution in [0.25, 0.3) is 0 Å². The molecule has 6 nitrogen and oxygen atoms in total. The van der Waals surface area contributed by atoms with Crippen molar-refractivity contribution in [3.63, 3.8) is 0 Å². The third kappa shape index (κ3) is 3.00. The first kappa shape index (κ1) is 12.9. The average Bonchev–Trinajstić information content (AvgIpc) is 2.74. The summed E-state index contributed by atoms with van der Waals surface area (Å²) in [6.45, 7) is 0. The van der Waals surface area contributed by atoms with Crippen molar-refractivity contribution >= 4 is 27.3 Å². The maximum absolute atomic E-state index is 11.8. The fraction of sp³-hybridized carbons (Fsp3) is 0.100. The molecule has 8 heteroatoms. The highest BCUT2D eigenvalue weighted by Crippen LogP contribution is 2.14. The number of nitrogens with zero attached hydrogens (tertiary/aromatic N) is 2. The number of hydrazine groups is 1. The molecular weight excluding hydrogens is 276 g/mol. The molecule has 0 aliphatic heterocycles. The first-order valence-corrected chi connectivity index (χ1v) is 6.85. The Kier molecular flexibility index (Phi) is 3.55. The lowest BCUT2D eigenvalue weighted by atomic mass is 10.3. The first-order valence-electron chi connectivity index (χ1n) is 4.99. The lowest BCUT2D eigenvalue weighted by Crippen LogP contribution is -2.29. The second-order valence-electron chi connectivity index (χ2n) is 3.59. The maximum Gasteiger partial charge on any atom is 0.260 e. The van der Waals surface area contributed by atoms with Crippen molar-refractivity contribution in [1.82, 2.24) is 14.6 Å². The summed E-state index contributed by atoms with van der Waals surface area (Å²) in [6, 6.07) is 6.70. The van der Waals surface area contributed by atoms with Crippen molar-refractivity contribution in [3.05, 3.63) is 41.7 Å². The number of hydrogen-bond donors (Lipinski definition) is 2. The fourth-order valence-corrected chi connectivity index (χ4v) is 2.33. The number of aromatic nitrogens is 2. The summed E-state index contributed by atoms with van der Waals surface area (Å²) >= 11 is 5.78. The van der Waals surface area contributed by atoms with Crippen molar-refractivity contribution in [2.75, 3.05) is 5.43 Å². The Bertz CT molecular complexity index is 653. The minimum absolute atomic E-state index is 0.0829. The van der Waals surface area contributed by atoms with Gasteiger partial charge in [0, 0.05) is 18.3 Å². The summed E-state index contributed by atoms with van der Waals surface area (Å²) in [5, 5.41) is 4.32. The van der Waals surface area contributed by atoms with Crippen molar-refractivity contribution in [2.24, 2.45) is 7.05 Å². The minimum Gasteiger partial charge on any atom is -0.308 e. The van der Waals surface area contributed by atoms with Crippen molar-refractivity contribution in [1.29, 1.82) is 0 Å². The van der Waals surface area contributed by atoms with Gasteiger partial charge in [0.05, 0.1) is 11.9 Å². The standard InChI is InChI=1S/C10H11ClN4O2S/c1-15-7-10(6-12-15)18(16,17)14-13-9-4-2-3-8(11)5-9/h2-7,13-14H,1H3. The highest BCUT2D eigenvalue weighted by atomic mass is 35.5. The van der Waals surface area contributed by atoms with E-state index in [1.165, 1.54) is 17.1 Å². The lowest BCUT2D eigenvalue weighted by molar-refractivity contribution is 0.587. The molecule has 0 spiro atoms. The van der Waals surface area contributed by atoms with E-state index in [2.05, 4.69) is 15.4 Å². The average molecular weight is 287 g/mol. The Morgan fingerprint density at radius 1 is 1.39 bits per heavy atom. The van der Waals surface area contributed by atoms with Crippen molar-refractivity contribution < 1.29 is 8.42 Å². The Morgan fingerprint density at radius 3 is 2.78 bits per heavy atom. The smallest absolute Gasteiger partial charge is 0.260 e. The molecule has 2 rings (SSSR count). The molecule has 2 aromatic rings. The molecule has 0 saturated heterocycles. The van der Waals surface area contributed by atoms with Crippen LogP contribution in [0.2, 0.25) is 5.02 Å². The minimum atomic E-state index is -3.64. The van der Waals surface area contributed by atoms with Crippen LogP contribution >= 0.6 is 11.6 Å². The van der Waals surface area contributed by atoms with Gasteiger partial charge in [-0.15, -0.1) is 4.83 Å². The van der Waals surface area contributed by atoms with Crippen LogP contribution < -0.4 is 10.3 Å². The number of aryl methyl sites for hydroxylation is 1. The molecule has 0 atom stereocenters. The van der Waals surface area contributed by atoms with Gasteiger partial charge >= 0.3 is 0 Å². The molecule has 1 aromatic carbocycles. The van der Waals surface area contributed by atoms with E-state index in [4.69, 9.17) is 11.6 Å². The van der Waals surface area contributed by atoms with Crippen LogP contribution in [-0.4, -0.2) is 18.2 Å². The number of halogens is 1. The van der Waals surface area contributed by atoms with Gasteiger partial charge in [0.1, 0.15) is 4.90 Å². The number of nitrogens with one attached hydrogen (secondary N) is 2. The largest absolute Gasteiger partial charge is 0.308 e. The quantitative estimate of drug-likeness (QED) is 0.833. The number of sulfonamides is 1. The van der Waals surface area contributed by atoms with E-state index < -0.39 is 10.0 Å². The van der Waals surface area contributed by atoms with Gasteiger partial charge in [-0.2, -0.15) is 5.10 Å². The normalized spacial score (nSPS) is 11.4. The fourth-order valence-electron chi connectivity index (χ4n) is 1.29. The van der Waals surface area contributed by atoms with E-state index >= 15 is 0 Å². The molecule has 0 saturated carbocycles. The van der Waals surface area contributed by atoms with Gasteiger partial charge in [0.2, 0.25) is 0 Å².